The Morgan fingerprint density at radius 1 is 1.35 bits per heavy atom. The Kier molecular flexibility index (Phi) is 3.59. The molecule has 0 aliphatic carbocycles. The van der Waals surface area contributed by atoms with Crippen molar-refractivity contribution in [3.05, 3.63) is 58.6 Å². The first kappa shape index (κ1) is 11.9. The summed E-state index contributed by atoms with van der Waals surface area (Å²) in [5, 5.41) is 3.45. The van der Waals surface area contributed by atoms with Crippen molar-refractivity contribution in [1.82, 2.24) is 4.98 Å². The van der Waals surface area contributed by atoms with Crippen LogP contribution in [0.4, 0.5) is 10.1 Å². The summed E-state index contributed by atoms with van der Waals surface area (Å²) in [6.07, 6.45) is 1.61. The Labute approximate surface area is 104 Å². The van der Waals surface area contributed by atoms with E-state index in [0.29, 0.717) is 22.9 Å². The van der Waals surface area contributed by atoms with Gasteiger partial charge >= 0.3 is 0 Å². The van der Waals surface area contributed by atoms with Gasteiger partial charge in [0.25, 0.3) is 0 Å². The van der Waals surface area contributed by atoms with E-state index in [-0.39, 0.29) is 5.82 Å². The largest absolute Gasteiger partial charge is 0.378 e. The SMILES string of the molecule is Cc1ccc(F)c(CNc2cccnc2Cl)c1. The molecule has 0 saturated heterocycles. The molecule has 1 heterocycles. The lowest BCUT2D eigenvalue weighted by atomic mass is 10.1. The zero-order valence-corrected chi connectivity index (χ0v) is 10.1. The van der Waals surface area contributed by atoms with Crippen molar-refractivity contribution in [2.45, 2.75) is 13.5 Å². The second-order valence-corrected chi connectivity index (χ2v) is 4.15. The van der Waals surface area contributed by atoms with E-state index in [1.807, 2.05) is 19.1 Å². The number of aryl methyl sites for hydroxylation is 1. The summed E-state index contributed by atoms with van der Waals surface area (Å²) in [7, 11) is 0. The fraction of sp³-hybridized carbons (Fsp3) is 0.154. The molecule has 2 rings (SSSR count). The van der Waals surface area contributed by atoms with Crippen LogP contribution in [0.1, 0.15) is 11.1 Å². The van der Waals surface area contributed by atoms with Crippen LogP contribution in [0.5, 0.6) is 0 Å². The number of nitrogens with zero attached hydrogens (tertiary/aromatic N) is 1. The Bertz CT molecular complexity index is 529. The third-order valence-corrected chi connectivity index (χ3v) is 2.73. The highest BCUT2D eigenvalue weighted by atomic mass is 35.5. The van der Waals surface area contributed by atoms with Gasteiger partial charge in [-0.2, -0.15) is 0 Å². The van der Waals surface area contributed by atoms with Crippen molar-refractivity contribution in [2.75, 3.05) is 5.32 Å². The first-order chi connectivity index (χ1) is 8.16. The van der Waals surface area contributed by atoms with E-state index in [4.69, 9.17) is 11.6 Å². The van der Waals surface area contributed by atoms with Crippen LogP contribution in [0.2, 0.25) is 5.15 Å². The molecule has 0 fully saturated rings. The van der Waals surface area contributed by atoms with Crippen LogP contribution in [-0.4, -0.2) is 4.98 Å². The molecule has 0 spiro atoms. The zero-order valence-electron chi connectivity index (χ0n) is 9.37. The van der Waals surface area contributed by atoms with Gasteiger partial charge in [0.15, 0.2) is 5.15 Å². The lowest BCUT2D eigenvalue weighted by Crippen LogP contribution is -2.03. The Hall–Kier alpha value is -1.61. The van der Waals surface area contributed by atoms with E-state index in [1.54, 1.807) is 18.3 Å². The Balaban J connectivity index is 2.12. The molecule has 0 radical (unpaired) electrons. The maximum Gasteiger partial charge on any atom is 0.152 e. The molecule has 0 saturated carbocycles. The molecule has 1 aromatic carbocycles. The Morgan fingerprint density at radius 2 is 2.18 bits per heavy atom. The lowest BCUT2D eigenvalue weighted by molar-refractivity contribution is 0.612. The standard InChI is InChI=1S/C13H12ClFN2/c1-9-4-5-11(15)10(7-9)8-17-12-3-2-6-16-13(12)14/h2-7,17H,8H2,1H3. The Morgan fingerprint density at radius 3 is 2.94 bits per heavy atom. The van der Waals surface area contributed by atoms with Crippen LogP contribution < -0.4 is 5.32 Å². The van der Waals surface area contributed by atoms with Crippen LogP contribution in [0.3, 0.4) is 0 Å². The van der Waals surface area contributed by atoms with Gasteiger partial charge in [0, 0.05) is 18.3 Å². The fourth-order valence-corrected chi connectivity index (χ4v) is 1.73. The van der Waals surface area contributed by atoms with Gasteiger partial charge in [-0.3, -0.25) is 0 Å². The molecule has 0 aliphatic heterocycles. The van der Waals surface area contributed by atoms with E-state index in [9.17, 15) is 4.39 Å². The molecule has 0 aliphatic rings. The van der Waals surface area contributed by atoms with E-state index >= 15 is 0 Å². The first-order valence-corrected chi connectivity index (χ1v) is 5.64. The molecule has 88 valence electrons. The summed E-state index contributed by atoms with van der Waals surface area (Å²) >= 11 is 5.89. The van der Waals surface area contributed by atoms with Gasteiger partial charge in [0.1, 0.15) is 5.82 Å². The van der Waals surface area contributed by atoms with Crippen molar-refractivity contribution in [2.24, 2.45) is 0 Å². The minimum absolute atomic E-state index is 0.219. The van der Waals surface area contributed by atoms with Crippen LogP contribution in [0.15, 0.2) is 36.5 Å². The summed E-state index contributed by atoms with van der Waals surface area (Å²) in [5.41, 5.74) is 2.35. The first-order valence-electron chi connectivity index (χ1n) is 5.26. The molecular weight excluding hydrogens is 239 g/mol. The predicted octanol–water partition coefficient (Wildman–Crippen LogP) is 3.79. The van der Waals surface area contributed by atoms with Crippen LogP contribution in [0, 0.1) is 12.7 Å². The molecule has 17 heavy (non-hydrogen) atoms. The van der Waals surface area contributed by atoms with Crippen LogP contribution in [-0.2, 0) is 6.54 Å². The van der Waals surface area contributed by atoms with Crippen molar-refractivity contribution in [1.29, 1.82) is 0 Å². The summed E-state index contributed by atoms with van der Waals surface area (Å²) < 4.78 is 13.5. The number of halogens is 2. The van der Waals surface area contributed by atoms with Crippen molar-refractivity contribution in [3.63, 3.8) is 0 Å². The maximum absolute atomic E-state index is 13.5. The van der Waals surface area contributed by atoms with Gasteiger partial charge in [0.05, 0.1) is 5.69 Å². The average Bonchev–Trinajstić information content (AvgIpc) is 2.32. The smallest absolute Gasteiger partial charge is 0.152 e. The van der Waals surface area contributed by atoms with E-state index in [1.165, 1.54) is 6.07 Å². The van der Waals surface area contributed by atoms with Crippen LogP contribution in [0.25, 0.3) is 0 Å². The number of hydrogen-bond donors (Lipinski definition) is 1. The number of pyridine rings is 1. The molecule has 4 heteroatoms. The monoisotopic (exact) mass is 250 g/mol. The van der Waals surface area contributed by atoms with Gasteiger partial charge in [0.2, 0.25) is 0 Å². The number of nitrogens with one attached hydrogen (secondary N) is 1. The van der Waals surface area contributed by atoms with Crippen molar-refractivity contribution < 1.29 is 4.39 Å². The topological polar surface area (TPSA) is 24.9 Å². The van der Waals surface area contributed by atoms with E-state index < -0.39 is 0 Å². The predicted molar refractivity (Wildman–Crippen MR) is 67.7 cm³/mol. The van der Waals surface area contributed by atoms with Gasteiger partial charge in [-0.05, 0) is 25.1 Å². The van der Waals surface area contributed by atoms with Gasteiger partial charge in [-0.25, -0.2) is 9.37 Å². The zero-order chi connectivity index (χ0) is 12.3. The summed E-state index contributed by atoms with van der Waals surface area (Å²) in [6.45, 7) is 2.32. The van der Waals surface area contributed by atoms with Crippen molar-refractivity contribution >= 4 is 17.3 Å². The second kappa shape index (κ2) is 5.15. The normalized spacial score (nSPS) is 10.3. The molecule has 0 bridgehead atoms. The summed E-state index contributed by atoms with van der Waals surface area (Å²) in [6, 6.07) is 8.61. The third kappa shape index (κ3) is 2.94. The van der Waals surface area contributed by atoms with E-state index in [0.717, 1.165) is 5.56 Å². The number of aromatic nitrogens is 1. The molecule has 2 aromatic rings. The molecule has 0 atom stereocenters. The summed E-state index contributed by atoms with van der Waals surface area (Å²) in [5.74, 6) is -0.219. The highest BCUT2D eigenvalue weighted by molar-refractivity contribution is 6.31. The minimum Gasteiger partial charge on any atom is -0.378 e. The fourth-order valence-electron chi connectivity index (χ4n) is 1.55. The quantitative estimate of drug-likeness (QED) is 0.839. The van der Waals surface area contributed by atoms with Crippen LogP contribution >= 0.6 is 11.6 Å². The third-order valence-electron chi connectivity index (χ3n) is 2.43. The van der Waals surface area contributed by atoms with Gasteiger partial charge < -0.3 is 5.32 Å². The molecular formula is C13H12ClFN2. The maximum atomic E-state index is 13.5. The molecule has 1 aromatic heterocycles. The lowest BCUT2D eigenvalue weighted by Gasteiger charge is -2.09. The minimum atomic E-state index is -0.219. The van der Waals surface area contributed by atoms with Gasteiger partial charge in [-0.15, -0.1) is 0 Å². The molecule has 2 nitrogen and oxygen atoms in total. The number of hydrogen-bond acceptors (Lipinski definition) is 2. The second-order valence-electron chi connectivity index (χ2n) is 3.79. The van der Waals surface area contributed by atoms with Crippen molar-refractivity contribution in [3.8, 4) is 0 Å². The van der Waals surface area contributed by atoms with Gasteiger partial charge in [-0.1, -0.05) is 29.3 Å². The number of anilines is 1. The molecule has 0 amide bonds. The summed E-state index contributed by atoms with van der Waals surface area (Å²) in [4.78, 5) is 3.94. The molecule has 1 N–H and O–H groups in total. The molecule has 0 unspecified atom stereocenters. The number of rotatable bonds is 3. The van der Waals surface area contributed by atoms with E-state index in [2.05, 4.69) is 10.3 Å². The number of benzene rings is 1. The highest BCUT2D eigenvalue weighted by Gasteiger charge is 2.04. The average molecular weight is 251 g/mol. The highest BCUT2D eigenvalue weighted by Crippen LogP contribution is 2.19.